The molecule has 2 heterocycles. The van der Waals surface area contributed by atoms with Gasteiger partial charge in [-0.1, -0.05) is 6.92 Å². The first kappa shape index (κ1) is 15.7. The summed E-state index contributed by atoms with van der Waals surface area (Å²) in [6, 6.07) is 0.117. The molecule has 2 aromatic rings. The van der Waals surface area contributed by atoms with Gasteiger partial charge >= 0.3 is 0 Å². The second-order valence-corrected chi connectivity index (χ2v) is 5.44. The molecule has 1 unspecified atom stereocenters. The molecule has 0 aliphatic rings. The Morgan fingerprint density at radius 1 is 1.33 bits per heavy atom. The van der Waals surface area contributed by atoms with Crippen LogP contribution in [0.15, 0.2) is 6.33 Å². The van der Waals surface area contributed by atoms with Crippen molar-refractivity contribution in [2.45, 2.75) is 52.6 Å². The van der Waals surface area contributed by atoms with E-state index in [1.807, 2.05) is 23.3 Å². The van der Waals surface area contributed by atoms with Gasteiger partial charge in [-0.3, -0.25) is 20.6 Å². The van der Waals surface area contributed by atoms with Gasteiger partial charge in [-0.25, -0.2) is 4.98 Å². The van der Waals surface area contributed by atoms with Gasteiger partial charge in [0.15, 0.2) is 0 Å². The molecular formula is C14H25N7. The molecule has 2 rings (SSSR count). The summed E-state index contributed by atoms with van der Waals surface area (Å²) in [4.78, 5) is 4.35. The monoisotopic (exact) mass is 291 g/mol. The highest BCUT2D eigenvalue weighted by Crippen LogP contribution is 2.15. The van der Waals surface area contributed by atoms with Gasteiger partial charge in [-0.05, 0) is 32.3 Å². The zero-order valence-electron chi connectivity index (χ0n) is 13.3. The number of nitrogens with zero attached hydrogens (tertiary/aromatic N) is 5. The van der Waals surface area contributed by atoms with Gasteiger partial charge < -0.3 is 0 Å². The summed E-state index contributed by atoms with van der Waals surface area (Å²) >= 11 is 0. The average molecular weight is 291 g/mol. The normalized spacial score (nSPS) is 12.8. The van der Waals surface area contributed by atoms with E-state index < -0.39 is 0 Å². The molecule has 3 N–H and O–H groups in total. The molecule has 0 aliphatic carbocycles. The second kappa shape index (κ2) is 6.82. The van der Waals surface area contributed by atoms with Crippen LogP contribution >= 0.6 is 0 Å². The standard InChI is InChI=1S/C14H25N7/c1-5-6-21-14(16-9-17-21)8-12(18-15)7-13-10(2)19-20(4)11(13)3/h9,12,18H,5-8,15H2,1-4H3. The maximum absolute atomic E-state index is 5.73. The molecule has 0 spiro atoms. The SMILES string of the molecule is CCCn1ncnc1CC(Cc1c(C)nn(C)c1C)NN. The minimum Gasteiger partial charge on any atom is -0.272 e. The Morgan fingerprint density at radius 3 is 2.67 bits per heavy atom. The van der Waals surface area contributed by atoms with E-state index in [1.165, 1.54) is 11.3 Å². The molecule has 0 radical (unpaired) electrons. The minimum absolute atomic E-state index is 0.117. The summed E-state index contributed by atoms with van der Waals surface area (Å²) in [7, 11) is 1.97. The van der Waals surface area contributed by atoms with Gasteiger partial charge in [0, 0.05) is 31.7 Å². The van der Waals surface area contributed by atoms with Gasteiger partial charge in [0.1, 0.15) is 12.2 Å². The van der Waals surface area contributed by atoms with Crippen LogP contribution in [0.2, 0.25) is 0 Å². The Bertz CT molecular complexity index is 584. The molecule has 7 nitrogen and oxygen atoms in total. The van der Waals surface area contributed by atoms with E-state index in [-0.39, 0.29) is 6.04 Å². The van der Waals surface area contributed by atoms with Crippen molar-refractivity contribution < 1.29 is 0 Å². The Balaban J connectivity index is 2.11. The summed E-state index contributed by atoms with van der Waals surface area (Å²) in [6.45, 7) is 7.14. The van der Waals surface area contributed by atoms with Crippen molar-refractivity contribution in [3.63, 3.8) is 0 Å². The van der Waals surface area contributed by atoms with Crippen LogP contribution in [0.5, 0.6) is 0 Å². The Labute approximate surface area is 125 Å². The fourth-order valence-corrected chi connectivity index (χ4v) is 2.61. The lowest BCUT2D eigenvalue weighted by Crippen LogP contribution is -2.39. The van der Waals surface area contributed by atoms with E-state index in [2.05, 4.69) is 34.5 Å². The lowest BCUT2D eigenvalue weighted by Gasteiger charge is -2.16. The number of aromatic nitrogens is 5. The van der Waals surface area contributed by atoms with Crippen molar-refractivity contribution >= 4 is 0 Å². The number of hydrogen-bond acceptors (Lipinski definition) is 5. The van der Waals surface area contributed by atoms with Crippen LogP contribution in [0.3, 0.4) is 0 Å². The van der Waals surface area contributed by atoms with E-state index in [0.717, 1.165) is 37.3 Å². The molecule has 0 bridgehead atoms. The molecule has 0 aliphatic heterocycles. The number of aryl methyl sites for hydroxylation is 3. The van der Waals surface area contributed by atoms with E-state index >= 15 is 0 Å². The van der Waals surface area contributed by atoms with Crippen molar-refractivity contribution in [1.82, 2.24) is 30.0 Å². The Morgan fingerprint density at radius 2 is 2.10 bits per heavy atom. The number of rotatable bonds is 7. The largest absolute Gasteiger partial charge is 0.272 e. The first-order chi connectivity index (χ1) is 10.1. The molecule has 116 valence electrons. The summed E-state index contributed by atoms with van der Waals surface area (Å²) in [6.07, 6.45) is 4.24. The maximum Gasteiger partial charge on any atom is 0.138 e. The average Bonchev–Trinajstić information content (AvgIpc) is 2.98. The molecule has 0 saturated carbocycles. The molecule has 21 heavy (non-hydrogen) atoms. The number of hydrazine groups is 1. The number of nitrogens with one attached hydrogen (secondary N) is 1. The smallest absolute Gasteiger partial charge is 0.138 e. The third-order valence-corrected chi connectivity index (χ3v) is 3.91. The van der Waals surface area contributed by atoms with Crippen molar-refractivity contribution in [3.8, 4) is 0 Å². The van der Waals surface area contributed by atoms with Gasteiger partial charge in [-0.15, -0.1) is 0 Å². The third kappa shape index (κ3) is 3.48. The Kier molecular flexibility index (Phi) is 5.08. The maximum atomic E-state index is 5.73. The van der Waals surface area contributed by atoms with Crippen molar-refractivity contribution in [1.29, 1.82) is 0 Å². The van der Waals surface area contributed by atoms with Crippen LogP contribution in [-0.4, -0.2) is 30.6 Å². The summed E-state index contributed by atoms with van der Waals surface area (Å²) < 4.78 is 3.87. The van der Waals surface area contributed by atoms with Crippen LogP contribution in [0.25, 0.3) is 0 Å². The molecule has 0 aromatic carbocycles. The molecular weight excluding hydrogens is 266 g/mol. The zero-order chi connectivity index (χ0) is 15.4. The van der Waals surface area contributed by atoms with Crippen LogP contribution in [-0.2, 0) is 26.4 Å². The minimum atomic E-state index is 0.117. The van der Waals surface area contributed by atoms with Crippen molar-refractivity contribution in [2.75, 3.05) is 0 Å². The molecule has 1 atom stereocenters. The van der Waals surface area contributed by atoms with Gasteiger partial charge in [0.25, 0.3) is 0 Å². The quantitative estimate of drug-likeness (QED) is 0.578. The fraction of sp³-hybridized carbons (Fsp3) is 0.643. The highest BCUT2D eigenvalue weighted by atomic mass is 15.3. The molecule has 0 amide bonds. The molecule has 2 aromatic heterocycles. The molecule has 0 fully saturated rings. The lowest BCUT2D eigenvalue weighted by atomic mass is 10.0. The third-order valence-electron chi connectivity index (χ3n) is 3.91. The van der Waals surface area contributed by atoms with Gasteiger partial charge in [0.2, 0.25) is 0 Å². The lowest BCUT2D eigenvalue weighted by molar-refractivity contribution is 0.481. The highest BCUT2D eigenvalue weighted by Gasteiger charge is 2.17. The predicted molar refractivity (Wildman–Crippen MR) is 81.5 cm³/mol. The van der Waals surface area contributed by atoms with Gasteiger partial charge in [-0.2, -0.15) is 10.2 Å². The summed E-state index contributed by atoms with van der Waals surface area (Å²) in [5.41, 5.74) is 6.40. The van der Waals surface area contributed by atoms with E-state index in [9.17, 15) is 0 Å². The number of hydrogen-bond donors (Lipinski definition) is 2. The summed E-state index contributed by atoms with van der Waals surface area (Å²) in [5.74, 6) is 6.70. The highest BCUT2D eigenvalue weighted by molar-refractivity contribution is 5.25. The van der Waals surface area contributed by atoms with E-state index in [4.69, 9.17) is 5.84 Å². The van der Waals surface area contributed by atoms with Crippen LogP contribution in [0, 0.1) is 13.8 Å². The van der Waals surface area contributed by atoms with Crippen molar-refractivity contribution in [2.24, 2.45) is 12.9 Å². The Hall–Kier alpha value is -1.73. The first-order valence-corrected chi connectivity index (χ1v) is 7.38. The number of nitrogens with two attached hydrogens (primary N) is 1. The van der Waals surface area contributed by atoms with Crippen molar-refractivity contribution in [3.05, 3.63) is 29.1 Å². The fourth-order valence-electron chi connectivity index (χ4n) is 2.61. The molecule has 0 saturated heterocycles. The van der Waals surface area contributed by atoms with E-state index in [1.54, 1.807) is 6.33 Å². The van der Waals surface area contributed by atoms with Crippen LogP contribution in [0.4, 0.5) is 0 Å². The topological polar surface area (TPSA) is 86.6 Å². The zero-order valence-corrected chi connectivity index (χ0v) is 13.3. The second-order valence-electron chi connectivity index (χ2n) is 5.44. The van der Waals surface area contributed by atoms with Crippen LogP contribution in [0.1, 0.15) is 36.1 Å². The first-order valence-electron chi connectivity index (χ1n) is 7.38. The van der Waals surface area contributed by atoms with Gasteiger partial charge in [0.05, 0.1) is 5.69 Å². The predicted octanol–water partition coefficient (Wildman–Crippen LogP) is 0.656. The molecule has 7 heteroatoms. The van der Waals surface area contributed by atoms with Crippen LogP contribution < -0.4 is 11.3 Å². The van der Waals surface area contributed by atoms with E-state index in [0.29, 0.717) is 0 Å². The summed E-state index contributed by atoms with van der Waals surface area (Å²) in [5, 5.41) is 8.72.